The molecule has 244 valence electrons. The van der Waals surface area contributed by atoms with Crippen molar-refractivity contribution in [1.82, 2.24) is 10.2 Å². The summed E-state index contributed by atoms with van der Waals surface area (Å²) in [7, 11) is -4.41. The molecular weight excluding hydrogens is 623 g/mol. The molecule has 0 heterocycles. The van der Waals surface area contributed by atoms with Crippen LogP contribution in [0.2, 0.25) is 0 Å². The average Bonchev–Trinajstić information content (AvgIpc) is 3.60. The SMILES string of the molecule is O=C(NC1CCCC1)C(Cc1ccccc1)N(Cc1ccc(F)cc1)C(=O)CN(c1cccc([N+](=O)[O-])c1)S(=O)(=O)c1ccccc1. The second kappa shape index (κ2) is 15.0. The Hall–Kier alpha value is -5.10. The van der Waals surface area contributed by atoms with Crippen molar-refractivity contribution >= 4 is 33.2 Å². The number of non-ortho nitro benzene ring substituents is 1. The molecule has 1 aliphatic rings. The van der Waals surface area contributed by atoms with Crippen molar-refractivity contribution in [3.63, 3.8) is 0 Å². The Labute approximate surface area is 273 Å². The number of nitro benzene ring substituents is 1. The second-order valence-corrected chi connectivity index (χ2v) is 13.3. The van der Waals surface area contributed by atoms with Crippen molar-refractivity contribution in [3.8, 4) is 0 Å². The molecule has 12 heteroatoms. The van der Waals surface area contributed by atoms with Crippen molar-refractivity contribution in [2.24, 2.45) is 0 Å². The van der Waals surface area contributed by atoms with Crippen LogP contribution in [0.1, 0.15) is 36.8 Å². The molecule has 2 amide bonds. The van der Waals surface area contributed by atoms with Crippen LogP contribution in [0.4, 0.5) is 15.8 Å². The number of sulfonamides is 1. The lowest BCUT2D eigenvalue weighted by molar-refractivity contribution is -0.384. The van der Waals surface area contributed by atoms with Crippen molar-refractivity contribution < 1.29 is 27.3 Å². The standard InChI is InChI=1S/C35H35FN4O6S/c36-28-20-18-27(19-21-28)24-38(33(22-26-10-3-1-4-11-26)35(42)37-29-12-7-8-13-29)34(41)25-39(30-14-9-15-31(23-30)40(43)44)47(45,46)32-16-5-2-6-17-32/h1-6,9-11,14-21,23,29,33H,7-8,12-13,22,24-25H2,(H,37,42). The van der Waals surface area contributed by atoms with E-state index in [9.17, 15) is 32.5 Å². The lowest BCUT2D eigenvalue weighted by Gasteiger charge is -2.34. The molecule has 1 aliphatic carbocycles. The third kappa shape index (κ3) is 8.39. The van der Waals surface area contributed by atoms with Crippen LogP contribution in [0, 0.1) is 15.9 Å². The Morgan fingerprint density at radius 2 is 1.51 bits per heavy atom. The first-order valence-corrected chi connectivity index (χ1v) is 16.8. The number of nitro groups is 1. The van der Waals surface area contributed by atoms with Gasteiger partial charge < -0.3 is 10.2 Å². The van der Waals surface area contributed by atoms with E-state index in [1.165, 1.54) is 71.6 Å². The average molecular weight is 659 g/mol. The zero-order chi connectivity index (χ0) is 33.4. The van der Waals surface area contributed by atoms with Crippen LogP contribution in [0.5, 0.6) is 0 Å². The third-order valence-corrected chi connectivity index (χ3v) is 9.97. The molecule has 0 aromatic heterocycles. The summed E-state index contributed by atoms with van der Waals surface area (Å²) < 4.78 is 42.8. The van der Waals surface area contributed by atoms with Crippen LogP contribution in [0.3, 0.4) is 0 Å². The summed E-state index contributed by atoms with van der Waals surface area (Å²) in [4.78, 5) is 40.7. The molecule has 1 atom stereocenters. The van der Waals surface area contributed by atoms with E-state index >= 15 is 0 Å². The quantitative estimate of drug-likeness (QED) is 0.147. The Kier molecular flexibility index (Phi) is 10.6. The number of nitrogens with one attached hydrogen (secondary N) is 1. The highest BCUT2D eigenvalue weighted by molar-refractivity contribution is 7.92. The molecule has 1 fully saturated rings. The van der Waals surface area contributed by atoms with Crippen molar-refractivity contribution in [2.45, 2.75) is 55.6 Å². The summed E-state index contributed by atoms with van der Waals surface area (Å²) in [6, 6.07) is 26.0. The van der Waals surface area contributed by atoms with Gasteiger partial charge >= 0.3 is 0 Å². The van der Waals surface area contributed by atoms with Gasteiger partial charge in [0.05, 0.1) is 15.5 Å². The lowest BCUT2D eigenvalue weighted by Crippen LogP contribution is -2.54. The third-order valence-electron chi connectivity index (χ3n) is 8.18. The summed E-state index contributed by atoms with van der Waals surface area (Å²) in [5, 5.41) is 14.7. The Morgan fingerprint density at radius 1 is 0.872 bits per heavy atom. The first-order valence-electron chi connectivity index (χ1n) is 15.3. The van der Waals surface area contributed by atoms with E-state index < -0.39 is 39.3 Å². The number of hydrogen-bond acceptors (Lipinski definition) is 6. The summed E-state index contributed by atoms with van der Waals surface area (Å²) in [5.74, 6) is -1.58. The van der Waals surface area contributed by atoms with Gasteiger partial charge in [0.15, 0.2) is 0 Å². The van der Waals surface area contributed by atoms with Gasteiger partial charge in [-0.05, 0) is 54.3 Å². The Morgan fingerprint density at radius 3 is 2.15 bits per heavy atom. The van der Waals surface area contributed by atoms with Gasteiger partial charge in [-0.25, -0.2) is 12.8 Å². The van der Waals surface area contributed by atoms with Gasteiger partial charge in [-0.1, -0.05) is 79.6 Å². The molecule has 1 saturated carbocycles. The number of nitrogens with zero attached hydrogens (tertiary/aromatic N) is 3. The molecule has 0 spiro atoms. The van der Waals surface area contributed by atoms with Crippen LogP contribution >= 0.6 is 0 Å². The van der Waals surface area contributed by atoms with Crippen LogP contribution in [0.15, 0.2) is 114 Å². The van der Waals surface area contributed by atoms with Crippen LogP contribution in [0.25, 0.3) is 0 Å². The van der Waals surface area contributed by atoms with Gasteiger partial charge in [-0.15, -0.1) is 0 Å². The van der Waals surface area contributed by atoms with Crippen LogP contribution in [-0.2, 0) is 32.6 Å². The minimum Gasteiger partial charge on any atom is -0.352 e. The van der Waals surface area contributed by atoms with E-state index in [1.54, 1.807) is 6.07 Å². The number of halogens is 1. The van der Waals surface area contributed by atoms with E-state index in [1.807, 2.05) is 30.3 Å². The maximum atomic E-state index is 14.5. The first-order chi connectivity index (χ1) is 22.6. The molecule has 4 aromatic rings. The monoisotopic (exact) mass is 658 g/mol. The molecule has 10 nitrogen and oxygen atoms in total. The predicted molar refractivity (Wildman–Crippen MR) is 175 cm³/mol. The van der Waals surface area contributed by atoms with Gasteiger partial charge in [0.2, 0.25) is 11.8 Å². The number of rotatable bonds is 13. The minimum atomic E-state index is -4.41. The van der Waals surface area contributed by atoms with Gasteiger partial charge in [0.25, 0.3) is 15.7 Å². The Balaban J connectivity index is 1.58. The number of carbonyl (C=O) groups excluding carboxylic acids is 2. The van der Waals surface area contributed by atoms with Gasteiger partial charge in [0, 0.05) is 31.1 Å². The molecule has 0 saturated heterocycles. The van der Waals surface area contributed by atoms with Gasteiger partial charge in [-0.3, -0.25) is 24.0 Å². The highest BCUT2D eigenvalue weighted by atomic mass is 32.2. The number of anilines is 1. The van der Waals surface area contributed by atoms with Crippen LogP contribution in [-0.4, -0.2) is 48.7 Å². The zero-order valence-corrected chi connectivity index (χ0v) is 26.4. The fourth-order valence-corrected chi connectivity index (χ4v) is 7.15. The highest BCUT2D eigenvalue weighted by Crippen LogP contribution is 2.28. The van der Waals surface area contributed by atoms with E-state index in [0.717, 1.165) is 41.6 Å². The largest absolute Gasteiger partial charge is 0.352 e. The molecule has 0 aliphatic heterocycles. The zero-order valence-electron chi connectivity index (χ0n) is 25.6. The van der Waals surface area contributed by atoms with E-state index in [4.69, 9.17) is 0 Å². The Bertz CT molecular complexity index is 1800. The maximum Gasteiger partial charge on any atom is 0.271 e. The van der Waals surface area contributed by atoms with Crippen molar-refractivity contribution in [3.05, 3.63) is 136 Å². The highest BCUT2D eigenvalue weighted by Gasteiger charge is 2.36. The predicted octanol–water partition coefficient (Wildman–Crippen LogP) is 5.63. The van der Waals surface area contributed by atoms with E-state index in [0.29, 0.717) is 5.56 Å². The first kappa shape index (κ1) is 33.3. The molecule has 0 bridgehead atoms. The van der Waals surface area contributed by atoms with E-state index in [2.05, 4.69) is 5.32 Å². The summed E-state index contributed by atoms with van der Waals surface area (Å²) in [6.45, 7) is -0.884. The van der Waals surface area contributed by atoms with Gasteiger partial charge in [-0.2, -0.15) is 0 Å². The molecular formula is C35H35FN4O6S. The fraction of sp³-hybridized carbons (Fsp3) is 0.257. The maximum absolute atomic E-state index is 14.5. The summed E-state index contributed by atoms with van der Waals surface area (Å²) in [6.07, 6.45) is 3.70. The summed E-state index contributed by atoms with van der Waals surface area (Å²) >= 11 is 0. The van der Waals surface area contributed by atoms with Crippen LogP contribution < -0.4 is 9.62 Å². The molecule has 1 N–H and O–H groups in total. The second-order valence-electron chi connectivity index (χ2n) is 11.4. The topological polar surface area (TPSA) is 130 Å². The molecule has 5 rings (SSSR count). The summed E-state index contributed by atoms with van der Waals surface area (Å²) in [5.41, 5.74) is 0.861. The van der Waals surface area contributed by atoms with Gasteiger partial charge in [0.1, 0.15) is 18.4 Å². The normalized spacial score (nSPS) is 13.9. The molecule has 47 heavy (non-hydrogen) atoms. The molecule has 0 radical (unpaired) electrons. The lowest BCUT2D eigenvalue weighted by atomic mass is 10.0. The smallest absolute Gasteiger partial charge is 0.271 e. The molecule has 1 unspecified atom stereocenters. The fourth-order valence-electron chi connectivity index (χ4n) is 5.72. The number of benzene rings is 4. The minimum absolute atomic E-state index is 0.0524. The number of hydrogen-bond donors (Lipinski definition) is 1. The van der Waals surface area contributed by atoms with Crippen molar-refractivity contribution in [2.75, 3.05) is 10.8 Å². The van der Waals surface area contributed by atoms with E-state index in [-0.39, 0.29) is 41.2 Å². The van der Waals surface area contributed by atoms with Crippen molar-refractivity contribution in [1.29, 1.82) is 0 Å². The number of amides is 2. The molecule has 4 aromatic carbocycles. The number of carbonyl (C=O) groups is 2.